The molecule has 4 heterocycles. The highest BCUT2D eigenvalue weighted by Gasteiger charge is 2.22. The third kappa shape index (κ3) is 8.14. The molecule has 48 heavy (non-hydrogen) atoms. The Kier molecular flexibility index (Phi) is 10.4. The molecule has 3 aromatic carbocycles. The van der Waals surface area contributed by atoms with Gasteiger partial charge in [-0.2, -0.15) is 4.98 Å². The van der Waals surface area contributed by atoms with E-state index in [1.807, 2.05) is 12.3 Å². The third-order valence-corrected chi connectivity index (χ3v) is 9.70. The summed E-state index contributed by atoms with van der Waals surface area (Å²) in [6.45, 7) is 9.56. The predicted molar refractivity (Wildman–Crippen MR) is 197 cm³/mol. The maximum absolute atomic E-state index is 6.46. The number of nitrogens with zero attached hydrogens (tertiary/aromatic N) is 6. The Labute approximate surface area is 284 Å². The number of piperidine rings is 1. The van der Waals surface area contributed by atoms with Gasteiger partial charge >= 0.3 is 0 Å². The van der Waals surface area contributed by atoms with Gasteiger partial charge in [0.05, 0.1) is 17.6 Å². The van der Waals surface area contributed by atoms with E-state index in [1.165, 1.54) is 23.8 Å². The molecule has 5 aromatic rings. The highest BCUT2D eigenvalue weighted by Crippen LogP contribution is 2.29. The average molecular weight is 645 g/mol. The predicted octanol–water partition coefficient (Wildman–Crippen LogP) is 6.18. The number of hydrogen-bond donors (Lipinski definition) is 2. The van der Waals surface area contributed by atoms with Crippen LogP contribution in [0.15, 0.2) is 85.1 Å². The SMILES string of the molecule is CN1CCN(c2nc(NCCCc3ccccc3)c3ccc(OCC4CCCN(CCNc5ccnc6ccccc56)C4)cc3n2)CC1. The smallest absolute Gasteiger partial charge is 0.227 e. The Balaban J connectivity index is 0.969. The van der Waals surface area contributed by atoms with E-state index in [9.17, 15) is 0 Å². The monoisotopic (exact) mass is 644 g/mol. The van der Waals surface area contributed by atoms with E-state index in [0.717, 1.165) is 111 Å². The number of aromatic nitrogens is 3. The lowest BCUT2D eigenvalue weighted by Crippen LogP contribution is -2.45. The molecule has 0 radical (unpaired) electrons. The maximum atomic E-state index is 6.46. The van der Waals surface area contributed by atoms with Crippen LogP contribution in [-0.4, -0.2) is 97.3 Å². The van der Waals surface area contributed by atoms with E-state index >= 15 is 0 Å². The number of fused-ring (bicyclic) bond motifs is 2. The molecule has 2 aliphatic rings. The first-order chi connectivity index (χ1) is 23.7. The zero-order chi connectivity index (χ0) is 32.5. The van der Waals surface area contributed by atoms with Crippen LogP contribution in [0.5, 0.6) is 5.75 Å². The van der Waals surface area contributed by atoms with Crippen molar-refractivity contribution in [3.63, 3.8) is 0 Å². The third-order valence-electron chi connectivity index (χ3n) is 9.70. The van der Waals surface area contributed by atoms with Crippen LogP contribution in [0.25, 0.3) is 21.8 Å². The van der Waals surface area contributed by atoms with Crippen molar-refractivity contribution >= 4 is 39.3 Å². The topological polar surface area (TPSA) is 81.7 Å². The zero-order valence-electron chi connectivity index (χ0n) is 28.2. The molecule has 0 aliphatic carbocycles. The van der Waals surface area contributed by atoms with Crippen LogP contribution in [0.4, 0.5) is 17.5 Å². The molecular formula is C39H48N8O. The van der Waals surface area contributed by atoms with Crippen LogP contribution in [0.3, 0.4) is 0 Å². The summed E-state index contributed by atoms with van der Waals surface area (Å²) < 4.78 is 6.46. The molecule has 0 bridgehead atoms. The van der Waals surface area contributed by atoms with Crippen molar-refractivity contribution in [1.82, 2.24) is 24.8 Å². The molecule has 0 spiro atoms. The summed E-state index contributed by atoms with van der Waals surface area (Å²) in [6.07, 6.45) is 6.35. The molecule has 2 saturated heterocycles. The van der Waals surface area contributed by atoms with Crippen LogP contribution in [0, 0.1) is 5.92 Å². The summed E-state index contributed by atoms with van der Waals surface area (Å²) in [7, 11) is 2.18. The molecule has 1 unspecified atom stereocenters. The van der Waals surface area contributed by atoms with Crippen LogP contribution < -0.4 is 20.3 Å². The van der Waals surface area contributed by atoms with Gasteiger partial charge in [0.15, 0.2) is 0 Å². The Morgan fingerprint density at radius 2 is 1.67 bits per heavy atom. The van der Waals surface area contributed by atoms with Crippen LogP contribution in [-0.2, 0) is 6.42 Å². The Bertz CT molecular complexity index is 1770. The van der Waals surface area contributed by atoms with Gasteiger partial charge in [-0.1, -0.05) is 48.5 Å². The summed E-state index contributed by atoms with van der Waals surface area (Å²) in [4.78, 5) is 21.8. The van der Waals surface area contributed by atoms with Gasteiger partial charge in [-0.3, -0.25) is 4.98 Å². The number of anilines is 3. The second-order valence-electron chi connectivity index (χ2n) is 13.3. The van der Waals surface area contributed by atoms with E-state index < -0.39 is 0 Å². The first kappa shape index (κ1) is 32.1. The lowest BCUT2D eigenvalue weighted by Gasteiger charge is -2.33. The summed E-state index contributed by atoms with van der Waals surface area (Å²) in [5.41, 5.74) is 4.48. The number of hydrogen-bond acceptors (Lipinski definition) is 9. The number of aryl methyl sites for hydroxylation is 1. The van der Waals surface area contributed by atoms with Crippen molar-refractivity contribution in [3.8, 4) is 5.75 Å². The number of likely N-dealkylation sites (N-methyl/N-ethyl adjacent to an activating group) is 1. The minimum absolute atomic E-state index is 0.504. The zero-order valence-corrected chi connectivity index (χ0v) is 28.2. The number of nitrogens with one attached hydrogen (secondary N) is 2. The van der Waals surface area contributed by atoms with Crippen molar-refractivity contribution in [3.05, 3.63) is 90.6 Å². The lowest BCUT2D eigenvalue weighted by atomic mass is 9.99. The van der Waals surface area contributed by atoms with E-state index in [4.69, 9.17) is 14.7 Å². The molecule has 2 aromatic heterocycles. The fraction of sp³-hybridized carbons (Fsp3) is 0.410. The number of para-hydroxylation sites is 1. The number of likely N-dealkylation sites (tertiary alicyclic amines) is 1. The first-order valence-electron chi connectivity index (χ1n) is 17.6. The van der Waals surface area contributed by atoms with E-state index in [0.29, 0.717) is 12.5 Å². The molecular weight excluding hydrogens is 596 g/mol. The van der Waals surface area contributed by atoms with Crippen molar-refractivity contribution in [2.45, 2.75) is 25.7 Å². The molecule has 1 atom stereocenters. The van der Waals surface area contributed by atoms with Crippen LogP contribution in [0.1, 0.15) is 24.8 Å². The molecule has 250 valence electrons. The van der Waals surface area contributed by atoms with Crippen LogP contribution >= 0.6 is 0 Å². The molecule has 9 heteroatoms. The number of piperazine rings is 1. The van der Waals surface area contributed by atoms with Gasteiger partial charge in [-0.05, 0) is 69.1 Å². The molecule has 7 rings (SSSR count). The minimum Gasteiger partial charge on any atom is -0.493 e. The van der Waals surface area contributed by atoms with Gasteiger partial charge in [-0.15, -0.1) is 0 Å². The quantitative estimate of drug-likeness (QED) is 0.146. The standard InChI is InChI=1S/C39H48N8O/c1-45-23-25-47(26-24-45)39-43-37-27-32(15-16-34(37)38(44-39)42-18-7-11-30-9-3-2-4-10-30)48-29-31-12-8-21-46(28-31)22-20-41-36-17-19-40-35-14-6-5-13-33(35)36/h2-6,9-10,13-17,19,27,31H,7-8,11-12,18,20-26,28-29H2,1H3,(H,40,41)(H,42,43,44). The van der Waals surface area contributed by atoms with Gasteiger partial charge in [-0.25, -0.2) is 4.98 Å². The molecule has 0 saturated carbocycles. The van der Waals surface area contributed by atoms with Gasteiger partial charge in [0.1, 0.15) is 11.6 Å². The molecule has 2 fully saturated rings. The normalized spacial score (nSPS) is 17.5. The summed E-state index contributed by atoms with van der Waals surface area (Å²) in [5, 5.41) is 9.51. The molecule has 0 amide bonds. The molecule has 9 nitrogen and oxygen atoms in total. The highest BCUT2D eigenvalue weighted by atomic mass is 16.5. The van der Waals surface area contributed by atoms with Crippen molar-refractivity contribution in [2.75, 3.05) is 88.1 Å². The largest absolute Gasteiger partial charge is 0.493 e. The summed E-state index contributed by atoms with van der Waals surface area (Å²) in [6, 6.07) is 27.4. The number of ether oxygens (including phenoxy) is 1. The van der Waals surface area contributed by atoms with Gasteiger partial charge in [0, 0.05) is 87.0 Å². The second kappa shape index (κ2) is 15.6. The van der Waals surface area contributed by atoms with Crippen LogP contribution in [0.2, 0.25) is 0 Å². The fourth-order valence-corrected chi connectivity index (χ4v) is 6.92. The van der Waals surface area contributed by atoms with Crippen molar-refractivity contribution < 1.29 is 4.74 Å². The van der Waals surface area contributed by atoms with Gasteiger partial charge in [0.2, 0.25) is 5.95 Å². The summed E-state index contributed by atoms with van der Waals surface area (Å²) in [5.74, 6) is 3.09. The average Bonchev–Trinajstić information content (AvgIpc) is 3.13. The summed E-state index contributed by atoms with van der Waals surface area (Å²) >= 11 is 0. The van der Waals surface area contributed by atoms with Gasteiger partial charge < -0.3 is 30.1 Å². The molecule has 2 aliphatic heterocycles. The Morgan fingerprint density at radius 1 is 0.812 bits per heavy atom. The van der Waals surface area contributed by atoms with Crippen molar-refractivity contribution in [1.29, 1.82) is 0 Å². The number of pyridine rings is 1. The maximum Gasteiger partial charge on any atom is 0.227 e. The van der Waals surface area contributed by atoms with Crippen molar-refractivity contribution in [2.24, 2.45) is 5.92 Å². The number of benzene rings is 3. The van der Waals surface area contributed by atoms with E-state index in [-0.39, 0.29) is 0 Å². The fourth-order valence-electron chi connectivity index (χ4n) is 6.92. The first-order valence-corrected chi connectivity index (χ1v) is 17.6. The highest BCUT2D eigenvalue weighted by molar-refractivity contribution is 5.91. The van der Waals surface area contributed by atoms with E-state index in [1.54, 1.807) is 0 Å². The molecule has 2 N–H and O–H groups in total. The minimum atomic E-state index is 0.504. The lowest BCUT2D eigenvalue weighted by molar-refractivity contribution is 0.133. The second-order valence-corrected chi connectivity index (χ2v) is 13.3. The number of rotatable bonds is 13. The Morgan fingerprint density at radius 3 is 2.56 bits per heavy atom. The Hall–Kier alpha value is -4.47. The van der Waals surface area contributed by atoms with E-state index in [2.05, 4.69) is 110 Å². The van der Waals surface area contributed by atoms with Gasteiger partial charge in [0.25, 0.3) is 0 Å².